The lowest BCUT2D eigenvalue weighted by Gasteiger charge is -2.39. The van der Waals surface area contributed by atoms with E-state index < -0.39 is 0 Å². The number of rotatable bonds is 5. The highest BCUT2D eigenvalue weighted by Gasteiger charge is 2.32. The summed E-state index contributed by atoms with van der Waals surface area (Å²) in [4.78, 5) is 7.06. The van der Waals surface area contributed by atoms with Crippen LogP contribution in [0.3, 0.4) is 0 Å². The summed E-state index contributed by atoms with van der Waals surface area (Å²) >= 11 is 0. The van der Waals surface area contributed by atoms with Crippen molar-refractivity contribution in [3.05, 3.63) is 30.1 Å². The third-order valence-corrected chi connectivity index (χ3v) is 3.89. The van der Waals surface area contributed by atoms with Crippen LogP contribution in [-0.4, -0.2) is 49.7 Å². The maximum absolute atomic E-state index is 4.52. The average Bonchev–Trinajstić information content (AvgIpc) is 2.41. The number of piperazine rings is 1. The fourth-order valence-corrected chi connectivity index (χ4v) is 3.02. The molecule has 0 aromatic carbocycles. The summed E-state index contributed by atoms with van der Waals surface area (Å²) < 4.78 is 0. The Kier molecular flexibility index (Phi) is 4.91. The molecule has 1 aliphatic rings. The number of aromatic nitrogens is 1. The minimum atomic E-state index is 0.153. The molecule has 4 heteroatoms. The maximum atomic E-state index is 4.52. The second-order valence-corrected chi connectivity index (χ2v) is 5.99. The first-order valence-electron chi connectivity index (χ1n) is 7.15. The van der Waals surface area contributed by atoms with Crippen LogP contribution in [0.2, 0.25) is 0 Å². The summed E-state index contributed by atoms with van der Waals surface area (Å²) in [6, 6.07) is 6.43. The Balaban J connectivity index is 2.07. The Morgan fingerprint density at radius 1 is 1.37 bits per heavy atom. The van der Waals surface area contributed by atoms with E-state index in [-0.39, 0.29) is 11.5 Å². The van der Waals surface area contributed by atoms with Gasteiger partial charge in [0.1, 0.15) is 0 Å². The van der Waals surface area contributed by atoms with Gasteiger partial charge in [-0.05, 0) is 24.6 Å². The van der Waals surface area contributed by atoms with Gasteiger partial charge in [0, 0.05) is 38.9 Å². The standard InChI is InChI=1S/C15H26N4/c1-15(2,12-19-10-8-17-9-11-19)14(16-3)13-6-4-5-7-18-13/h4-7,14,16-17H,8-12H2,1-3H3. The SMILES string of the molecule is CNC(c1ccccn1)C(C)(C)CN1CCNCC1. The molecule has 1 saturated heterocycles. The lowest BCUT2D eigenvalue weighted by molar-refractivity contribution is 0.126. The molecule has 0 bridgehead atoms. The summed E-state index contributed by atoms with van der Waals surface area (Å²) in [5.74, 6) is 0. The molecule has 1 aliphatic heterocycles. The van der Waals surface area contributed by atoms with Crippen molar-refractivity contribution in [2.75, 3.05) is 39.8 Å². The number of hydrogen-bond donors (Lipinski definition) is 2. The van der Waals surface area contributed by atoms with E-state index >= 15 is 0 Å². The quantitative estimate of drug-likeness (QED) is 0.838. The first-order chi connectivity index (χ1) is 9.13. The number of nitrogens with one attached hydrogen (secondary N) is 2. The zero-order valence-corrected chi connectivity index (χ0v) is 12.3. The van der Waals surface area contributed by atoms with E-state index in [2.05, 4.69) is 46.5 Å². The molecule has 1 aromatic rings. The summed E-state index contributed by atoms with van der Waals surface area (Å²) in [6.45, 7) is 10.2. The second kappa shape index (κ2) is 6.46. The van der Waals surface area contributed by atoms with Gasteiger partial charge >= 0.3 is 0 Å². The van der Waals surface area contributed by atoms with Crippen LogP contribution in [0, 0.1) is 5.41 Å². The molecule has 2 rings (SSSR count). The van der Waals surface area contributed by atoms with Crippen LogP contribution in [-0.2, 0) is 0 Å². The molecule has 1 aromatic heterocycles. The Morgan fingerprint density at radius 2 is 2.11 bits per heavy atom. The summed E-state index contributed by atoms with van der Waals surface area (Å²) in [5.41, 5.74) is 1.28. The molecule has 0 spiro atoms. The van der Waals surface area contributed by atoms with Crippen LogP contribution >= 0.6 is 0 Å². The van der Waals surface area contributed by atoms with E-state index in [1.807, 2.05) is 19.3 Å². The van der Waals surface area contributed by atoms with Crippen molar-refractivity contribution in [3.8, 4) is 0 Å². The fourth-order valence-electron chi connectivity index (χ4n) is 3.02. The predicted molar refractivity (Wildman–Crippen MR) is 79.1 cm³/mol. The van der Waals surface area contributed by atoms with Gasteiger partial charge in [0.05, 0.1) is 11.7 Å². The molecule has 106 valence electrons. The van der Waals surface area contributed by atoms with Crippen molar-refractivity contribution in [2.24, 2.45) is 5.41 Å². The van der Waals surface area contributed by atoms with E-state index in [0.717, 1.165) is 38.4 Å². The third kappa shape index (κ3) is 3.75. The molecule has 0 saturated carbocycles. The Hall–Kier alpha value is -0.970. The minimum Gasteiger partial charge on any atom is -0.314 e. The van der Waals surface area contributed by atoms with Crippen molar-refractivity contribution >= 4 is 0 Å². The highest BCUT2D eigenvalue weighted by atomic mass is 15.2. The van der Waals surface area contributed by atoms with E-state index in [1.54, 1.807) is 0 Å². The molecular weight excluding hydrogens is 236 g/mol. The molecule has 0 radical (unpaired) electrons. The Morgan fingerprint density at radius 3 is 2.68 bits per heavy atom. The molecule has 1 unspecified atom stereocenters. The first kappa shape index (κ1) is 14.4. The average molecular weight is 262 g/mol. The van der Waals surface area contributed by atoms with Gasteiger partial charge in [-0.2, -0.15) is 0 Å². The van der Waals surface area contributed by atoms with Crippen LogP contribution in [0.1, 0.15) is 25.6 Å². The highest BCUT2D eigenvalue weighted by molar-refractivity contribution is 5.12. The van der Waals surface area contributed by atoms with E-state index in [1.165, 1.54) is 0 Å². The smallest absolute Gasteiger partial charge is 0.0579 e. The molecule has 2 heterocycles. The highest BCUT2D eigenvalue weighted by Crippen LogP contribution is 2.32. The van der Waals surface area contributed by atoms with Gasteiger partial charge < -0.3 is 15.5 Å². The largest absolute Gasteiger partial charge is 0.314 e. The van der Waals surface area contributed by atoms with Crippen molar-refractivity contribution in [3.63, 3.8) is 0 Å². The summed E-state index contributed by atoms with van der Waals surface area (Å²) in [7, 11) is 2.03. The van der Waals surface area contributed by atoms with Crippen LogP contribution in [0.25, 0.3) is 0 Å². The Labute approximate surface area is 116 Å². The van der Waals surface area contributed by atoms with E-state index in [4.69, 9.17) is 0 Å². The lowest BCUT2D eigenvalue weighted by atomic mass is 9.81. The van der Waals surface area contributed by atoms with Gasteiger partial charge in [0.2, 0.25) is 0 Å². The Bertz CT molecular complexity index is 371. The summed E-state index contributed by atoms with van der Waals surface area (Å²) in [5, 5.41) is 6.85. The van der Waals surface area contributed by atoms with Crippen LogP contribution in [0.4, 0.5) is 0 Å². The topological polar surface area (TPSA) is 40.2 Å². The van der Waals surface area contributed by atoms with Gasteiger partial charge in [-0.3, -0.25) is 4.98 Å². The molecule has 1 atom stereocenters. The number of hydrogen-bond acceptors (Lipinski definition) is 4. The van der Waals surface area contributed by atoms with Crippen molar-refractivity contribution in [1.29, 1.82) is 0 Å². The van der Waals surface area contributed by atoms with Crippen LogP contribution in [0.15, 0.2) is 24.4 Å². The normalized spacial score (nSPS) is 19.3. The van der Waals surface area contributed by atoms with Gasteiger partial charge in [0.15, 0.2) is 0 Å². The monoisotopic (exact) mass is 262 g/mol. The number of nitrogens with zero attached hydrogens (tertiary/aromatic N) is 2. The molecular formula is C15H26N4. The molecule has 4 nitrogen and oxygen atoms in total. The maximum Gasteiger partial charge on any atom is 0.0579 e. The first-order valence-corrected chi connectivity index (χ1v) is 7.15. The molecule has 0 amide bonds. The zero-order valence-electron chi connectivity index (χ0n) is 12.3. The zero-order chi connectivity index (χ0) is 13.7. The predicted octanol–water partition coefficient (Wildman–Crippen LogP) is 1.27. The minimum absolute atomic E-state index is 0.153. The second-order valence-electron chi connectivity index (χ2n) is 5.99. The molecule has 19 heavy (non-hydrogen) atoms. The summed E-state index contributed by atoms with van der Waals surface area (Å²) in [6.07, 6.45) is 1.88. The van der Waals surface area contributed by atoms with Crippen molar-refractivity contribution in [2.45, 2.75) is 19.9 Å². The lowest BCUT2D eigenvalue weighted by Crippen LogP contribution is -2.49. The molecule has 2 N–H and O–H groups in total. The number of pyridine rings is 1. The molecule has 1 fully saturated rings. The van der Waals surface area contributed by atoms with Gasteiger partial charge in [-0.1, -0.05) is 19.9 Å². The van der Waals surface area contributed by atoms with Crippen molar-refractivity contribution < 1.29 is 0 Å². The van der Waals surface area contributed by atoms with E-state index in [0.29, 0.717) is 0 Å². The van der Waals surface area contributed by atoms with Gasteiger partial charge in [0.25, 0.3) is 0 Å². The van der Waals surface area contributed by atoms with Gasteiger partial charge in [-0.15, -0.1) is 0 Å². The van der Waals surface area contributed by atoms with Crippen LogP contribution in [0.5, 0.6) is 0 Å². The van der Waals surface area contributed by atoms with Crippen molar-refractivity contribution in [1.82, 2.24) is 20.5 Å². The molecule has 0 aliphatic carbocycles. The fraction of sp³-hybridized carbons (Fsp3) is 0.667. The third-order valence-electron chi connectivity index (χ3n) is 3.89. The van der Waals surface area contributed by atoms with Gasteiger partial charge in [-0.25, -0.2) is 0 Å². The van der Waals surface area contributed by atoms with E-state index in [9.17, 15) is 0 Å². The van der Waals surface area contributed by atoms with Crippen LogP contribution < -0.4 is 10.6 Å².